The van der Waals surface area contributed by atoms with Gasteiger partial charge in [0.05, 0.1) is 5.69 Å². The maximum absolute atomic E-state index is 12.3. The molecular weight excluding hydrogens is 306 g/mol. The van der Waals surface area contributed by atoms with Gasteiger partial charge >= 0.3 is 0 Å². The second-order valence-corrected chi connectivity index (χ2v) is 6.94. The monoisotopic (exact) mass is 323 g/mol. The molecule has 1 N–H and O–H groups in total. The van der Waals surface area contributed by atoms with E-state index in [1.807, 2.05) is 6.92 Å². The molecule has 5 nitrogen and oxygen atoms in total. The molecule has 3 rings (SSSR count). The first-order valence-corrected chi connectivity index (χ1v) is 8.55. The zero-order chi connectivity index (χ0) is 14.7. The van der Waals surface area contributed by atoms with E-state index in [0.717, 1.165) is 37.6 Å². The predicted octanol–water partition coefficient (Wildman–Crippen LogP) is 2.39. The third kappa shape index (κ3) is 3.00. The van der Waals surface area contributed by atoms with Gasteiger partial charge in [0.15, 0.2) is 0 Å². The van der Waals surface area contributed by atoms with Gasteiger partial charge in [-0.15, -0.1) is 16.4 Å². The minimum absolute atomic E-state index is 0.00586. The number of thiophene rings is 1. The second-order valence-electron chi connectivity index (χ2n) is 5.24. The third-order valence-corrected chi connectivity index (χ3v) is 5.88. The number of hydrogen-bond acceptors (Lipinski definition) is 6. The van der Waals surface area contributed by atoms with E-state index in [4.69, 9.17) is 4.74 Å². The first-order valence-electron chi connectivity index (χ1n) is 6.90. The molecule has 2 aromatic rings. The van der Waals surface area contributed by atoms with E-state index >= 15 is 0 Å². The minimum Gasteiger partial charge on any atom is -0.381 e. The molecule has 0 spiro atoms. The van der Waals surface area contributed by atoms with Crippen LogP contribution in [0.25, 0.3) is 0 Å². The molecule has 0 atom stereocenters. The van der Waals surface area contributed by atoms with Crippen LogP contribution in [0.2, 0.25) is 0 Å². The fourth-order valence-corrected chi connectivity index (χ4v) is 4.18. The average Bonchev–Trinajstić information content (AvgIpc) is 3.17. The van der Waals surface area contributed by atoms with Crippen molar-refractivity contribution in [3.63, 3.8) is 0 Å². The number of nitrogens with zero attached hydrogens (tertiary/aromatic N) is 2. The van der Waals surface area contributed by atoms with Gasteiger partial charge < -0.3 is 10.1 Å². The molecular formula is C14H17N3O2S2. The molecule has 2 aromatic heterocycles. The van der Waals surface area contributed by atoms with Crippen LogP contribution in [0.3, 0.4) is 0 Å². The van der Waals surface area contributed by atoms with Gasteiger partial charge in [-0.3, -0.25) is 4.79 Å². The summed E-state index contributed by atoms with van der Waals surface area (Å²) < 4.78 is 9.31. The summed E-state index contributed by atoms with van der Waals surface area (Å²) in [5.74, 6) is -0.0788. The standard InChI is InChI=1S/C14H17N3O2S2/c1-10-12(21-17-16-10)13(18)15-9-14(4-6-19-7-5-14)11-3-2-8-20-11/h2-3,8H,4-7,9H2,1H3,(H,15,18). The fourth-order valence-electron chi connectivity index (χ4n) is 2.62. The van der Waals surface area contributed by atoms with Crippen molar-refractivity contribution in [2.75, 3.05) is 19.8 Å². The molecule has 7 heteroatoms. The number of nitrogens with one attached hydrogen (secondary N) is 1. The average molecular weight is 323 g/mol. The second kappa shape index (κ2) is 6.21. The Morgan fingerprint density at radius 1 is 1.48 bits per heavy atom. The van der Waals surface area contributed by atoms with Crippen molar-refractivity contribution in [3.8, 4) is 0 Å². The smallest absolute Gasteiger partial charge is 0.264 e. The summed E-state index contributed by atoms with van der Waals surface area (Å²) in [5, 5.41) is 9.05. The Kier molecular flexibility index (Phi) is 4.32. The minimum atomic E-state index is -0.0788. The summed E-state index contributed by atoms with van der Waals surface area (Å²) >= 11 is 2.90. The zero-order valence-electron chi connectivity index (χ0n) is 11.8. The molecule has 0 aromatic carbocycles. The SMILES string of the molecule is Cc1nnsc1C(=O)NCC1(c2cccs2)CCOCC1. The molecule has 21 heavy (non-hydrogen) atoms. The third-order valence-electron chi connectivity index (χ3n) is 3.94. The first-order chi connectivity index (χ1) is 10.2. The summed E-state index contributed by atoms with van der Waals surface area (Å²) in [6.45, 7) is 3.93. The molecule has 112 valence electrons. The number of rotatable bonds is 4. The molecule has 0 unspecified atom stereocenters. The number of aromatic nitrogens is 2. The molecule has 3 heterocycles. The van der Waals surface area contributed by atoms with Crippen molar-refractivity contribution in [2.24, 2.45) is 0 Å². The van der Waals surface area contributed by atoms with E-state index < -0.39 is 0 Å². The molecule has 0 saturated carbocycles. The van der Waals surface area contributed by atoms with Crippen LogP contribution in [0.4, 0.5) is 0 Å². The van der Waals surface area contributed by atoms with Crippen LogP contribution in [0.5, 0.6) is 0 Å². The molecule has 1 saturated heterocycles. The number of hydrogen-bond donors (Lipinski definition) is 1. The van der Waals surface area contributed by atoms with Gasteiger partial charge in [-0.2, -0.15) is 0 Å². The lowest BCUT2D eigenvalue weighted by Crippen LogP contribution is -2.44. The molecule has 0 bridgehead atoms. The Labute approximate surface area is 131 Å². The Morgan fingerprint density at radius 2 is 2.29 bits per heavy atom. The molecule has 1 aliphatic rings. The normalized spacial score (nSPS) is 17.6. The van der Waals surface area contributed by atoms with Crippen molar-refractivity contribution in [1.82, 2.24) is 14.9 Å². The first kappa shape index (κ1) is 14.6. The van der Waals surface area contributed by atoms with E-state index in [-0.39, 0.29) is 11.3 Å². The Balaban J connectivity index is 1.74. The van der Waals surface area contributed by atoms with E-state index in [9.17, 15) is 4.79 Å². The number of ether oxygens (including phenoxy) is 1. The summed E-state index contributed by atoms with van der Waals surface area (Å²) in [6, 6.07) is 4.22. The molecule has 1 amide bonds. The summed E-state index contributed by atoms with van der Waals surface area (Å²) in [5.41, 5.74) is 0.684. The summed E-state index contributed by atoms with van der Waals surface area (Å²) in [4.78, 5) is 14.2. The maximum Gasteiger partial charge on any atom is 0.264 e. The Hall–Kier alpha value is -1.31. The molecule has 1 aliphatic heterocycles. The zero-order valence-corrected chi connectivity index (χ0v) is 13.4. The maximum atomic E-state index is 12.3. The van der Waals surface area contributed by atoms with Crippen LogP contribution in [0.15, 0.2) is 17.5 Å². The number of carbonyl (C=O) groups is 1. The van der Waals surface area contributed by atoms with Crippen molar-refractivity contribution < 1.29 is 9.53 Å². The van der Waals surface area contributed by atoms with Gasteiger partial charge in [0, 0.05) is 30.1 Å². The van der Waals surface area contributed by atoms with Gasteiger partial charge in [0.25, 0.3) is 5.91 Å². The molecule has 0 aliphatic carbocycles. The molecule has 1 fully saturated rings. The van der Waals surface area contributed by atoms with Crippen molar-refractivity contribution >= 4 is 28.8 Å². The highest BCUT2D eigenvalue weighted by Gasteiger charge is 2.36. The van der Waals surface area contributed by atoms with Gasteiger partial charge in [0.1, 0.15) is 4.88 Å². The lowest BCUT2D eigenvalue weighted by molar-refractivity contribution is 0.0499. The predicted molar refractivity (Wildman–Crippen MR) is 83.0 cm³/mol. The summed E-state index contributed by atoms with van der Waals surface area (Å²) in [7, 11) is 0. The Bertz CT molecular complexity index is 604. The number of aryl methyl sites for hydroxylation is 1. The highest BCUT2D eigenvalue weighted by Crippen LogP contribution is 2.37. The van der Waals surface area contributed by atoms with E-state index in [2.05, 4.69) is 32.4 Å². The largest absolute Gasteiger partial charge is 0.381 e. The molecule has 0 radical (unpaired) electrons. The summed E-state index contributed by atoms with van der Waals surface area (Å²) in [6.07, 6.45) is 1.88. The van der Waals surface area contributed by atoms with Crippen molar-refractivity contribution in [2.45, 2.75) is 25.2 Å². The van der Waals surface area contributed by atoms with Crippen molar-refractivity contribution in [1.29, 1.82) is 0 Å². The van der Waals surface area contributed by atoms with Crippen molar-refractivity contribution in [3.05, 3.63) is 33.0 Å². The lowest BCUT2D eigenvalue weighted by Gasteiger charge is -2.36. The highest BCUT2D eigenvalue weighted by molar-refractivity contribution is 7.10. The van der Waals surface area contributed by atoms with Crippen LogP contribution in [-0.4, -0.2) is 35.3 Å². The van der Waals surface area contributed by atoms with Gasteiger partial charge in [-0.25, -0.2) is 0 Å². The van der Waals surface area contributed by atoms with Gasteiger partial charge in [0.2, 0.25) is 0 Å². The van der Waals surface area contributed by atoms with E-state index in [0.29, 0.717) is 17.1 Å². The highest BCUT2D eigenvalue weighted by atomic mass is 32.1. The number of carbonyl (C=O) groups excluding carboxylic acids is 1. The van der Waals surface area contributed by atoms with Gasteiger partial charge in [-0.05, 0) is 42.7 Å². The van der Waals surface area contributed by atoms with E-state index in [1.54, 1.807) is 11.3 Å². The fraction of sp³-hybridized carbons (Fsp3) is 0.500. The quantitative estimate of drug-likeness (QED) is 0.938. The number of amides is 1. The van der Waals surface area contributed by atoms with Crippen LogP contribution >= 0.6 is 22.9 Å². The Morgan fingerprint density at radius 3 is 2.90 bits per heavy atom. The lowest BCUT2D eigenvalue weighted by atomic mass is 9.78. The topological polar surface area (TPSA) is 64.1 Å². The van der Waals surface area contributed by atoms with Crippen LogP contribution in [0, 0.1) is 6.92 Å². The van der Waals surface area contributed by atoms with Crippen LogP contribution in [0.1, 0.15) is 33.1 Å². The van der Waals surface area contributed by atoms with Crippen LogP contribution < -0.4 is 5.32 Å². The van der Waals surface area contributed by atoms with Gasteiger partial charge in [-0.1, -0.05) is 10.6 Å². The van der Waals surface area contributed by atoms with E-state index in [1.165, 1.54) is 4.88 Å². The van der Waals surface area contributed by atoms with Crippen LogP contribution in [-0.2, 0) is 10.2 Å².